The van der Waals surface area contributed by atoms with Crippen LogP contribution < -0.4 is 10.6 Å². The van der Waals surface area contributed by atoms with Crippen LogP contribution >= 0.6 is 11.3 Å². The van der Waals surface area contributed by atoms with Crippen LogP contribution in [-0.4, -0.2) is 22.0 Å². The van der Waals surface area contributed by atoms with Crippen LogP contribution in [0.25, 0.3) is 10.2 Å². The van der Waals surface area contributed by atoms with Crippen molar-refractivity contribution in [2.75, 3.05) is 10.6 Å². The van der Waals surface area contributed by atoms with E-state index in [1.165, 1.54) is 29.5 Å². The number of amides is 2. The first-order valence-electron chi connectivity index (χ1n) is 8.02. The van der Waals surface area contributed by atoms with Crippen LogP contribution in [0.3, 0.4) is 0 Å². The van der Waals surface area contributed by atoms with E-state index in [-0.39, 0.29) is 17.3 Å². The molecule has 0 aliphatic carbocycles. The highest BCUT2D eigenvalue weighted by atomic mass is 32.1. The van der Waals surface area contributed by atoms with Crippen molar-refractivity contribution in [3.8, 4) is 0 Å². The molecule has 3 N–H and O–H groups in total. The number of carbonyl (C=O) groups is 2. The number of para-hydroxylation sites is 1. The molecule has 2 aromatic heterocycles. The van der Waals surface area contributed by atoms with Gasteiger partial charge in [-0.2, -0.15) is 5.10 Å². The summed E-state index contributed by atoms with van der Waals surface area (Å²) in [6.07, 6.45) is 0. The molecule has 27 heavy (non-hydrogen) atoms. The average molecular weight is 380 g/mol. The highest BCUT2D eigenvalue weighted by Crippen LogP contribution is 2.30. The van der Waals surface area contributed by atoms with Crippen molar-refractivity contribution in [3.05, 3.63) is 76.9 Å². The minimum Gasteiger partial charge on any atom is -0.321 e. The average Bonchev–Trinajstić information content (AvgIpc) is 3.25. The van der Waals surface area contributed by atoms with Crippen molar-refractivity contribution in [2.45, 2.75) is 0 Å². The smallest absolute Gasteiger partial charge is 0.265 e. The third-order valence-electron chi connectivity index (χ3n) is 3.86. The van der Waals surface area contributed by atoms with E-state index in [1.54, 1.807) is 24.3 Å². The zero-order chi connectivity index (χ0) is 18.8. The number of thiophene rings is 1. The lowest BCUT2D eigenvalue weighted by Gasteiger charge is -2.03. The maximum Gasteiger partial charge on any atom is 0.265 e. The molecule has 6 nitrogen and oxygen atoms in total. The topological polar surface area (TPSA) is 86.9 Å². The highest BCUT2D eigenvalue weighted by molar-refractivity contribution is 7.20. The van der Waals surface area contributed by atoms with Crippen LogP contribution in [0, 0.1) is 5.82 Å². The van der Waals surface area contributed by atoms with Gasteiger partial charge in [0.2, 0.25) is 0 Å². The zero-order valence-electron chi connectivity index (χ0n) is 13.8. The van der Waals surface area contributed by atoms with Gasteiger partial charge in [-0.05, 0) is 30.3 Å². The molecule has 0 saturated carbocycles. The SMILES string of the molecule is O=C(Nc1ccccc1)c1cc2c(NC(=O)c3ccccc3F)n[nH]c2s1. The highest BCUT2D eigenvalue weighted by Gasteiger charge is 2.18. The van der Waals surface area contributed by atoms with Crippen molar-refractivity contribution < 1.29 is 14.0 Å². The van der Waals surface area contributed by atoms with E-state index in [9.17, 15) is 14.0 Å². The summed E-state index contributed by atoms with van der Waals surface area (Å²) in [6.45, 7) is 0. The fourth-order valence-electron chi connectivity index (χ4n) is 2.56. The molecule has 134 valence electrons. The number of anilines is 2. The summed E-state index contributed by atoms with van der Waals surface area (Å²) in [5.41, 5.74) is 0.608. The first-order chi connectivity index (χ1) is 13.1. The summed E-state index contributed by atoms with van der Waals surface area (Å²) in [7, 11) is 0. The summed E-state index contributed by atoms with van der Waals surface area (Å²) in [5.74, 6) is -1.24. The number of benzene rings is 2. The van der Waals surface area contributed by atoms with Gasteiger partial charge in [0.05, 0.1) is 15.8 Å². The predicted molar refractivity (Wildman–Crippen MR) is 103 cm³/mol. The first kappa shape index (κ1) is 16.9. The Labute approximate surface area is 157 Å². The normalized spacial score (nSPS) is 10.7. The largest absolute Gasteiger partial charge is 0.321 e. The lowest BCUT2D eigenvalue weighted by atomic mass is 10.2. The summed E-state index contributed by atoms with van der Waals surface area (Å²) in [4.78, 5) is 25.8. The first-order valence-corrected chi connectivity index (χ1v) is 8.83. The molecule has 0 saturated heterocycles. The van der Waals surface area contributed by atoms with Crippen LogP contribution in [0.5, 0.6) is 0 Å². The molecule has 0 bridgehead atoms. The lowest BCUT2D eigenvalue weighted by molar-refractivity contribution is 0.101. The van der Waals surface area contributed by atoms with E-state index in [2.05, 4.69) is 20.8 Å². The molecule has 0 radical (unpaired) electrons. The summed E-state index contributed by atoms with van der Waals surface area (Å²) >= 11 is 1.22. The van der Waals surface area contributed by atoms with Crippen molar-refractivity contribution >= 4 is 44.9 Å². The third kappa shape index (κ3) is 3.42. The van der Waals surface area contributed by atoms with Gasteiger partial charge in [0, 0.05) is 5.69 Å². The van der Waals surface area contributed by atoms with Gasteiger partial charge in [0.1, 0.15) is 10.6 Å². The molecule has 2 amide bonds. The van der Waals surface area contributed by atoms with Gasteiger partial charge in [-0.15, -0.1) is 11.3 Å². The van der Waals surface area contributed by atoms with Gasteiger partial charge in [0.25, 0.3) is 11.8 Å². The Balaban J connectivity index is 1.56. The second-order valence-electron chi connectivity index (χ2n) is 5.68. The van der Waals surface area contributed by atoms with Gasteiger partial charge in [0.15, 0.2) is 5.82 Å². The number of nitrogens with zero attached hydrogens (tertiary/aromatic N) is 1. The number of H-pyrrole nitrogens is 1. The van der Waals surface area contributed by atoms with Gasteiger partial charge in [-0.1, -0.05) is 30.3 Å². The van der Waals surface area contributed by atoms with Gasteiger partial charge < -0.3 is 10.6 Å². The number of aromatic amines is 1. The zero-order valence-corrected chi connectivity index (χ0v) is 14.6. The van der Waals surface area contributed by atoms with E-state index >= 15 is 0 Å². The van der Waals surface area contributed by atoms with Crippen LogP contribution in [0.1, 0.15) is 20.0 Å². The minimum atomic E-state index is -0.616. The van der Waals surface area contributed by atoms with Crippen LogP contribution in [0.2, 0.25) is 0 Å². The number of halogens is 1. The standard InChI is InChI=1S/C19H13FN4O2S/c20-14-9-5-4-8-12(14)17(25)22-16-13-10-15(27-19(13)24-23-16)18(26)21-11-6-2-1-3-7-11/h1-10H,(H,21,26)(H2,22,23,24,25). The van der Waals surface area contributed by atoms with E-state index in [1.807, 2.05) is 18.2 Å². The second-order valence-corrected chi connectivity index (χ2v) is 6.73. The van der Waals surface area contributed by atoms with Crippen LogP contribution in [-0.2, 0) is 0 Å². The Kier molecular flexibility index (Phi) is 4.39. The molecular weight excluding hydrogens is 367 g/mol. The summed E-state index contributed by atoms with van der Waals surface area (Å²) in [5, 5.41) is 12.8. The summed E-state index contributed by atoms with van der Waals surface area (Å²) < 4.78 is 13.8. The second kappa shape index (κ2) is 7.00. The fraction of sp³-hybridized carbons (Fsp3) is 0. The number of rotatable bonds is 4. The Bertz CT molecular complexity index is 1140. The van der Waals surface area contributed by atoms with E-state index < -0.39 is 11.7 Å². The minimum absolute atomic E-state index is 0.0778. The molecule has 0 atom stereocenters. The predicted octanol–water partition coefficient (Wildman–Crippen LogP) is 4.27. The molecule has 8 heteroatoms. The number of fused-ring (bicyclic) bond motifs is 1. The Morgan fingerprint density at radius 2 is 1.70 bits per heavy atom. The number of hydrogen-bond acceptors (Lipinski definition) is 4. The number of aromatic nitrogens is 2. The van der Waals surface area contributed by atoms with Crippen LogP contribution in [0.4, 0.5) is 15.9 Å². The summed E-state index contributed by atoms with van der Waals surface area (Å²) in [6, 6.07) is 16.4. The van der Waals surface area contributed by atoms with E-state index in [4.69, 9.17) is 0 Å². The molecule has 0 unspecified atom stereocenters. The molecule has 4 aromatic rings. The van der Waals surface area contributed by atoms with E-state index in [0.29, 0.717) is 20.8 Å². The molecule has 0 aliphatic heterocycles. The lowest BCUT2D eigenvalue weighted by Crippen LogP contribution is -2.14. The van der Waals surface area contributed by atoms with Crippen molar-refractivity contribution in [3.63, 3.8) is 0 Å². The quantitative estimate of drug-likeness (QED) is 0.494. The molecule has 0 aliphatic rings. The van der Waals surface area contributed by atoms with Gasteiger partial charge in [-0.3, -0.25) is 14.7 Å². The Morgan fingerprint density at radius 3 is 2.48 bits per heavy atom. The Morgan fingerprint density at radius 1 is 0.963 bits per heavy atom. The molecule has 4 rings (SSSR count). The van der Waals surface area contributed by atoms with Gasteiger partial charge in [-0.25, -0.2) is 4.39 Å². The number of carbonyl (C=O) groups excluding carboxylic acids is 2. The molecular formula is C19H13FN4O2S. The van der Waals surface area contributed by atoms with Gasteiger partial charge >= 0.3 is 0 Å². The number of nitrogens with one attached hydrogen (secondary N) is 3. The maximum absolute atomic E-state index is 13.8. The monoisotopic (exact) mass is 380 g/mol. The Hall–Kier alpha value is -3.52. The third-order valence-corrected chi connectivity index (χ3v) is 4.90. The molecule has 2 heterocycles. The van der Waals surface area contributed by atoms with Crippen molar-refractivity contribution in [1.82, 2.24) is 10.2 Å². The van der Waals surface area contributed by atoms with E-state index in [0.717, 1.165) is 0 Å². The fourth-order valence-corrected chi connectivity index (χ4v) is 3.46. The molecule has 2 aromatic carbocycles. The maximum atomic E-state index is 13.8. The van der Waals surface area contributed by atoms with Crippen molar-refractivity contribution in [2.24, 2.45) is 0 Å². The number of hydrogen-bond donors (Lipinski definition) is 3. The molecule has 0 fully saturated rings. The molecule has 0 spiro atoms. The van der Waals surface area contributed by atoms with Crippen LogP contribution in [0.15, 0.2) is 60.7 Å². The van der Waals surface area contributed by atoms with Crippen molar-refractivity contribution in [1.29, 1.82) is 0 Å².